The van der Waals surface area contributed by atoms with Crippen LogP contribution in [0.4, 0.5) is 0 Å². The maximum Gasteiger partial charge on any atom is 0.0834 e. The van der Waals surface area contributed by atoms with Crippen LogP contribution in [0, 0.1) is 5.92 Å². The highest BCUT2D eigenvalue weighted by Crippen LogP contribution is 2.33. The fraction of sp³-hybridized carbons (Fsp3) is 0.812. The Morgan fingerprint density at radius 2 is 2.10 bits per heavy atom. The minimum atomic E-state index is 0.278. The Morgan fingerprint density at radius 1 is 1.38 bits per heavy atom. The zero-order valence-corrected chi connectivity index (χ0v) is 14.0. The first kappa shape index (κ1) is 16.8. The van der Waals surface area contributed by atoms with Crippen molar-refractivity contribution in [2.75, 3.05) is 20.8 Å². The molecule has 0 amide bonds. The monoisotopic (exact) mass is 313 g/mol. The van der Waals surface area contributed by atoms with Crippen molar-refractivity contribution in [3.63, 3.8) is 0 Å². The predicted molar refractivity (Wildman–Crippen MR) is 86.7 cm³/mol. The van der Waals surface area contributed by atoms with Crippen molar-refractivity contribution < 1.29 is 4.74 Å². The van der Waals surface area contributed by atoms with E-state index in [0.29, 0.717) is 6.61 Å². The molecule has 21 heavy (non-hydrogen) atoms. The van der Waals surface area contributed by atoms with Gasteiger partial charge in [-0.25, -0.2) is 0 Å². The van der Waals surface area contributed by atoms with Crippen molar-refractivity contribution in [2.24, 2.45) is 5.92 Å². The van der Waals surface area contributed by atoms with Gasteiger partial charge in [-0.3, -0.25) is 4.68 Å². The lowest BCUT2D eigenvalue weighted by Crippen LogP contribution is -2.24. The first-order chi connectivity index (χ1) is 10.3. The van der Waals surface area contributed by atoms with E-state index in [2.05, 4.69) is 10.4 Å². The summed E-state index contributed by atoms with van der Waals surface area (Å²) in [5.74, 6) is 0.798. The van der Waals surface area contributed by atoms with E-state index in [4.69, 9.17) is 16.3 Å². The van der Waals surface area contributed by atoms with Gasteiger partial charge in [0.25, 0.3) is 0 Å². The Labute approximate surface area is 133 Å². The molecule has 120 valence electrons. The summed E-state index contributed by atoms with van der Waals surface area (Å²) in [5, 5.41) is 8.61. The van der Waals surface area contributed by atoms with Gasteiger partial charge in [-0.15, -0.1) is 0 Å². The van der Waals surface area contributed by atoms with Crippen LogP contribution in [0.15, 0.2) is 6.20 Å². The summed E-state index contributed by atoms with van der Waals surface area (Å²) in [7, 11) is 3.73. The van der Waals surface area contributed by atoms with E-state index < -0.39 is 0 Å². The summed E-state index contributed by atoms with van der Waals surface area (Å²) < 4.78 is 7.16. The molecule has 0 aromatic carbocycles. The third-order valence-electron chi connectivity index (χ3n) is 4.56. The number of nitrogens with zero attached hydrogens (tertiary/aromatic N) is 2. The number of ether oxygens (including phenoxy) is 1. The number of hydrogen-bond donors (Lipinski definition) is 1. The molecule has 5 heteroatoms. The van der Waals surface area contributed by atoms with Gasteiger partial charge in [0, 0.05) is 7.11 Å². The summed E-state index contributed by atoms with van der Waals surface area (Å²) in [6, 6.07) is 0.278. The number of nitrogens with one attached hydrogen (secondary N) is 1. The molecule has 1 unspecified atom stereocenters. The number of hydrogen-bond acceptors (Lipinski definition) is 3. The summed E-state index contributed by atoms with van der Waals surface area (Å²) in [6.45, 7) is 1.41. The molecule has 0 radical (unpaired) electrons. The van der Waals surface area contributed by atoms with Gasteiger partial charge in [0.15, 0.2) is 0 Å². The van der Waals surface area contributed by atoms with Crippen LogP contribution >= 0.6 is 11.6 Å². The zero-order valence-electron chi connectivity index (χ0n) is 13.3. The van der Waals surface area contributed by atoms with Crippen LogP contribution in [0.3, 0.4) is 0 Å². The van der Waals surface area contributed by atoms with Crippen molar-refractivity contribution >= 4 is 11.6 Å². The van der Waals surface area contributed by atoms with Gasteiger partial charge in [-0.1, -0.05) is 50.1 Å². The topological polar surface area (TPSA) is 39.1 Å². The second kappa shape index (κ2) is 8.76. The fourth-order valence-electron chi connectivity index (χ4n) is 3.37. The van der Waals surface area contributed by atoms with Crippen LogP contribution in [-0.4, -0.2) is 30.5 Å². The zero-order chi connectivity index (χ0) is 15.1. The van der Waals surface area contributed by atoms with Crippen molar-refractivity contribution in [2.45, 2.75) is 57.5 Å². The molecular formula is C16H28ClN3O. The first-order valence-electron chi connectivity index (χ1n) is 8.13. The molecule has 4 nitrogen and oxygen atoms in total. The third-order valence-corrected chi connectivity index (χ3v) is 4.85. The van der Waals surface area contributed by atoms with Gasteiger partial charge in [-0.2, -0.15) is 5.10 Å². The molecule has 1 atom stereocenters. The molecule has 0 bridgehead atoms. The third kappa shape index (κ3) is 4.70. The predicted octanol–water partition coefficient (Wildman–Crippen LogP) is 3.80. The molecule has 1 aromatic rings. The van der Waals surface area contributed by atoms with E-state index in [1.54, 1.807) is 13.3 Å². The van der Waals surface area contributed by atoms with E-state index in [1.807, 2.05) is 11.7 Å². The van der Waals surface area contributed by atoms with Gasteiger partial charge in [-0.05, 0) is 19.4 Å². The minimum Gasteiger partial charge on any atom is -0.383 e. The Kier molecular flexibility index (Phi) is 7.00. The minimum absolute atomic E-state index is 0.278. The molecule has 1 saturated carbocycles. The molecule has 1 aliphatic carbocycles. The molecule has 2 rings (SSSR count). The van der Waals surface area contributed by atoms with Crippen LogP contribution in [0.1, 0.15) is 56.7 Å². The summed E-state index contributed by atoms with van der Waals surface area (Å²) >= 11 is 6.38. The summed E-state index contributed by atoms with van der Waals surface area (Å²) in [6.07, 6.45) is 11.1. The number of rotatable bonds is 7. The second-order valence-electron chi connectivity index (χ2n) is 6.03. The number of methoxy groups -OCH3 is 1. The van der Waals surface area contributed by atoms with Crippen LogP contribution in [0.5, 0.6) is 0 Å². The molecule has 0 aliphatic heterocycles. The summed E-state index contributed by atoms with van der Waals surface area (Å²) in [4.78, 5) is 0. The maximum atomic E-state index is 6.38. The Morgan fingerprint density at radius 3 is 2.71 bits per heavy atom. The van der Waals surface area contributed by atoms with E-state index in [1.165, 1.54) is 38.5 Å². The van der Waals surface area contributed by atoms with Crippen molar-refractivity contribution in [1.29, 1.82) is 0 Å². The van der Waals surface area contributed by atoms with Gasteiger partial charge >= 0.3 is 0 Å². The molecule has 0 spiro atoms. The highest BCUT2D eigenvalue weighted by Gasteiger charge is 2.23. The maximum absolute atomic E-state index is 6.38. The van der Waals surface area contributed by atoms with Gasteiger partial charge in [0.2, 0.25) is 0 Å². The van der Waals surface area contributed by atoms with Gasteiger partial charge in [0.05, 0.1) is 36.1 Å². The Balaban J connectivity index is 2.06. The van der Waals surface area contributed by atoms with Crippen LogP contribution in [0.2, 0.25) is 5.02 Å². The second-order valence-corrected chi connectivity index (χ2v) is 6.44. The van der Waals surface area contributed by atoms with E-state index in [9.17, 15) is 0 Å². The van der Waals surface area contributed by atoms with Crippen molar-refractivity contribution in [1.82, 2.24) is 15.1 Å². The lowest BCUT2D eigenvalue weighted by molar-refractivity contribution is 0.181. The average Bonchev–Trinajstić information content (AvgIpc) is 2.70. The van der Waals surface area contributed by atoms with Crippen LogP contribution in [-0.2, 0) is 11.3 Å². The first-order valence-corrected chi connectivity index (χ1v) is 8.51. The average molecular weight is 314 g/mol. The van der Waals surface area contributed by atoms with Crippen LogP contribution < -0.4 is 5.32 Å². The van der Waals surface area contributed by atoms with Crippen LogP contribution in [0.25, 0.3) is 0 Å². The normalized spacial score (nSPS) is 18.6. The lowest BCUT2D eigenvalue weighted by Gasteiger charge is -2.23. The lowest BCUT2D eigenvalue weighted by atomic mass is 9.91. The van der Waals surface area contributed by atoms with E-state index in [0.717, 1.165) is 29.6 Å². The van der Waals surface area contributed by atoms with E-state index >= 15 is 0 Å². The highest BCUT2D eigenvalue weighted by atomic mass is 35.5. The SMILES string of the molecule is CNC(CC1CCCCCC1)c1c(Cl)cnn1CCOC. The summed E-state index contributed by atoms with van der Waals surface area (Å²) in [5.41, 5.74) is 1.11. The largest absolute Gasteiger partial charge is 0.383 e. The molecular weight excluding hydrogens is 286 g/mol. The standard InChI is InChI=1S/C16H28ClN3O/c1-18-15(11-13-7-5-3-4-6-8-13)16-14(17)12-19-20(16)9-10-21-2/h12-13,15,18H,3-11H2,1-2H3. The molecule has 1 aromatic heterocycles. The smallest absolute Gasteiger partial charge is 0.0834 e. The molecule has 1 N–H and O–H groups in total. The van der Waals surface area contributed by atoms with Crippen molar-refractivity contribution in [3.8, 4) is 0 Å². The highest BCUT2D eigenvalue weighted by molar-refractivity contribution is 6.31. The fourth-order valence-corrected chi connectivity index (χ4v) is 3.65. The molecule has 0 saturated heterocycles. The number of halogens is 1. The Bertz CT molecular complexity index is 414. The van der Waals surface area contributed by atoms with Gasteiger partial charge in [0.1, 0.15) is 0 Å². The molecule has 1 fully saturated rings. The van der Waals surface area contributed by atoms with Gasteiger partial charge < -0.3 is 10.1 Å². The van der Waals surface area contributed by atoms with Crippen molar-refractivity contribution in [3.05, 3.63) is 16.9 Å². The molecule has 1 aliphatic rings. The molecule has 1 heterocycles. The van der Waals surface area contributed by atoms with E-state index in [-0.39, 0.29) is 6.04 Å². The number of aromatic nitrogens is 2. The Hall–Kier alpha value is -0.580. The quantitative estimate of drug-likeness (QED) is 0.778.